The number of nitrogens with zero attached hydrogens (tertiary/aromatic N) is 3. The van der Waals surface area contributed by atoms with Gasteiger partial charge in [0.1, 0.15) is 17.4 Å². The molecule has 2 aromatic carbocycles. The molecule has 1 amide bonds. The third kappa shape index (κ3) is 7.12. The maximum Gasteiger partial charge on any atom is 0.599 e. The van der Waals surface area contributed by atoms with Crippen molar-refractivity contribution in [1.29, 1.82) is 5.26 Å². The number of aromatic nitrogens is 1. The second-order valence-electron chi connectivity index (χ2n) is 10.6. The van der Waals surface area contributed by atoms with Crippen LogP contribution in [0, 0.1) is 28.4 Å². The number of aromatic amines is 1. The summed E-state index contributed by atoms with van der Waals surface area (Å²) < 4.78 is 16.7. The van der Waals surface area contributed by atoms with Crippen LogP contribution < -0.4 is 15.6 Å². The molecule has 4 rings (SSSR count). The van der Waals surface area contributed by atoms with Gasteiger partial charge in [-0.25, -0.2) is 9.59 Å². The Morgan fingerprint density at radius 2 is 1.69 bits per heavy atom. The number of carbonyl (C=O) groups excluding carboxylic acids is 2. The summed E-state index contributed by atoms with van der Waals surface area (Å²) in [6, 6.07) is 15.1. The molecular weight excluding hydrogens is 626 g/mol. The first-order valence-electron chi connectivity index (χ1n) is 14.2. The van der Waals surface area contributed by atoms with E-state index in [-0.39, 0.29) is 39.4 Å². The van der Waals surface area contributed by atoms with E-state index >= 15 is 0 Å². The summed E-state index contributed by atoms with van der Waals surface area (Å²) in [5.41, 5.74) is 1.76. The number of H-pyrrole nitrogens is 1. The molecule has 3 aromatic rings. The normalized spacial score (nSPS) is 15.2. The lowest BCUT2D eigenvalue weighted by Crippen LogP contribution is -2.37. The summed E-state index contributed by atoms with van der Waals surface area (Å²) in [6.07, 6.45) is -2.12. The number of carbonyl (C=O) groups is 3. The molecule has 0 bridgehead atoms. The zero-order valence-corrected chi connectivity index (χ0v) is 26.4. The molecule has 15 heteroatoms. The molecule has 1 aliphatic rings. The number of hydrogen-bond donors (Lipinski definition) is 3. The Hall–Kier alpha value is -6.56. The van der Waals surface area contributed by atoms with Crippen LogP contribution >= 0.6 is 0 Å². The highest BCUT2D eigenvalue weighted by atomic mass is 16.6. The molecule has 0 radical (unpaired) electrons. The minimum Gasteiger partial charge on any atom is -0.466 e. The van der Waals surface area contributed by atoms with Crippen LogP contribution in [0.4, 0.5) is 10.5 Å². The molecule has 0 spiro atoms. The van der Waals surface area contributed by atoms with Gasteiger partial charge >= 0.3 is 30.7 Å². The summed E-state index contributed by atoms with van der Waals surface area (Å²) >= 11 is 0. The standard InChI is InChI=1S/C33H29N5O10/c1-17-26(14-23(15-34)30(39)36-17)21-9-11-25(12-10-21)47-16-37(33(42)43)20(4)48-32(41)28-19(3)35-18(2)27(31(40)46-5)29(28)22-7-6-8-24(13-22)38(44)45/h6-14,16,20,29H,1-5H3,(H2-,35,36,39,40,41,42,43)/p+1. The maximum absolute atomic E-state index is 13.7. The number of dihydropyridines is 1. The second kappa shape index (κ2) is 14.3. The third-order valence-electron chi connectivity index (χ3n) is 7.52. The van der Waals surface area contributed by atoms with Crippen molar-refractivity contribution >= 4 is 30.1 Å². The number of rotatable bonds is 9. The van der Waals surface area contributed by atoms with Gasteiger partial charge in [0.2, 0.25) is 0 Å². The minimum atomic E-state index is -1.52. The summed E-state index contributed by atoms with van der Waals surface area (Å²) in [5, 5.41) is 33.6. The number of pyridine rings is 1. The van der Waals surface area contributed by atoms with Crippen molar-refractivity contribution in [3.8, 4) is 22.9 Å². The number of esters is 2. The lowest BCUT2D eigenvalue weighted by atomic mass is 9.80. The van der Waals surface area contributed by atoms with Gasteiger partial charge in [-0.1, -0.05) is 28.8 Å². The number of amides is 1. The van der Waals surface area contributed by atoms with E-state index in [0.29, 0.717) is 27.1 Å². The van der Waals surface area contributed by atoms with Crippen molar-refractivity contribution in [3.63, 3.8) is 0 Å². The average molecular weight is 657 g/mol. The number of hydrogen-bond acceptors (Lipinski definition) is 11. The van der Waals surface area contributed by atoms with Crippen molar-refractivity contribution in [2.45, 2.75) is 39.8 Å². The number of methoxy groups -OCH3 is 1. The zero-order valence-electron chi connectivity index (χ0n) is 26.4. The number of ether oxygens (including phenoxy) is 3. The lowest BCUT2D eigenvalue weighted by molar-refractivity contribution is -0.529. The predicted molar refractivity (Wildman–Crippen MR) is 169 cm³/mol. The number of nitriles is 1. The van der Waals surface area contributed by atoms with E-state index in [2.05, 4.69) is 10.3 Å². The Morgan fingerprint density at radius 1 is 1.04 bits per heavy atom. The Balaban J connectivity index is 1.61. The zero-order chi connectivity index (χ0) is 35.3. The monoisotopic (exact) mass is 656 g/mol. The van der Waals surface area contributed by atoms with Crippen molar-refractivity contribution in [2.24, 2.45) is 0 Å². The van der Waals surface area contributed by atoms with Crippen LogP contribution in [0.5, 0.6) is 5.75 Å². The molecule has 48 heavy (non-hydrogen) atoms. The first-order chi connectivity index (χ1) is 22.8. The number of nitro benzene ring substituents is 1. The van der Waals surface area contributed by atoms with Gasteiger partial charge in [0.05, 0.1) is 29.1 Å². The molecule has 2 heterocycles. The van der Waals surface area contributed by atoms with Gasteiger partial charge < -0.3 is 29.6 Å². The fraction of sp³-hybridized carbons (Fsp3) is 0.212. The van der Waals surface area contributed by atoms with Gasteiger partial charge in [0.25, 0.3) is 11.2 Å². The van der Waals surface area contributed by atoms with Crippen LogP contribution in [0.3, 0.4) is 0 Å². The van der Waals surface area contributed by atoms with E-state index in [1.165, 1.54) is 49.4 Å². The Labute approximate surface area is 273 Å². The number of non-ortho nitro benzene ring substituents is 1. The number of nitrogens with one attached hydrogen (secondary N) is 2. The van der Waals surface area contributed by atoms with Crippen molar-refractivity contribution in [1.82, 2.24) is 10.3 Å². The van der Waals surface area contributed by atoms with Crippen LogP contribution in [-0.2, 0) is 19.1 Å². The minimum absolute atomic E-state index is 0.0116. The van der Waals surface area contributed by atoms with E-state index in [9.17, 15) is 39.7 Å². The van der Waals surface area contributed by atoms with Crippen LogP contribution in [-0.4, -0.2) is 57.4 Å². The molecule has 1 aliphatic heterocycles. The topological polar surface area (TPSA) is 214 Å². The first-order valence-corrected chi connectivity index (χ1v) is 14.2. The highest BCUT2D eigenvalue weighted by Gasteiger charge is 2.40. The Kier molecular flexibility index (Phi) is 10.2. The number of allylic oxidation sites excluding steroid dienone is 2. The molecule has 246 valence electrons. The third-order valence-corrected chi connectivity index (χ3v) is 7.52. The summed E-state index contributed by atoms with van der Waals surface area (Å²) in [7, 11) is 1.15. The lowest BCUT2D eigenvalue weighted by Gasteiger charge is -2.30. The highest BCUT2D eigenvalue weighted by Crippen LogP contribution is 2.40. The summed E-state index contributed by atoms with van der Waals surface area (Å²) in [5.74, 6) is -2.72. The van der Waals surface area contributed by atoms with Gasteiger partial charge in [-0.3, -0.25) is 14.9 Å². The molecule has 15 nitrogen and oxygen atoms in total. The van der Waals surface area contributed by atoms with Crippen LogP contribution in [0.1, 0.15) is 43.5 Å². The van der Waals surface area contributed by atoms with Crippen LogP contribution in [0.25, 0.3) is 11.1 Å². The molecular formula is C33H30N5O10+. The Bertz CT molecular complexity index is 2020. The molecule has 2 unspecified atom stereocenters. The van der Waals surface area contributed by atoms with E-state index in [1.54, 1.807) is 32.9 Å². The maximum atomic E-state index is 13.7. The molecule has 0 fully saturated rings. The quantitative estimate of drug-likeness (QED) is 0.0561. The van der Waals surface area contributed by atoms with Gasteiger partial charge in [-0.05, 0) is 50.1 Å². The van der Waals surface area contributed by atoms with Crippen LogP contribution in [0.15, 0.2) is 81.9 Å². The predicted octanol–water partition coefficient (Wildman–Crippen LogP) is 4.23. The molecule has 0 saturated heterocycles. The molecule has 2 atom stereocenters. The van der Waals surface area contributed by atoms with Gasteiger partial charge in [0.15, 0.2) is 0 Å². The second-order valence-corrected chi connectivity index (χ2v) is 10.6. The highest BCUT2D eigenvalue weighted by molar-refractivity contribution is 6.00. The Morgan fingerprint density at radius 3 is 2.27 bits per heavy atom. The summed E-state index contributed by atoms with van der Waals surface area (Å²) in [6.45, 7) is 6.11. The average Bonchev–Trinajstić information content (AvgIpc) is 3.04. The van der Waals surface area contributed by atoms with Gasteiger partial charge in [-0.2, -0.15) is 10.1 Å². The largest absolute Gasteiger partial charge is 0.599 e. The number of aryl methyl sites for hydroxylation is 1. The number of carboxylic acid groups (broad SMARTS) is 1. The number of benzene rings is 2. The smallest absolute Gasteiger partial charge is 0.466 e. The fourth-order valence-corrected chi connectivity index (χ4v) is 5.19. The van der Waals surface area contributed by atoms with E-state index in [0.717, 1.165) is 13.5 Å². The van der Waals surface area contributed by atoms with E-state index in [4.69, 9.17) is 14.2 Å². The molecule has 3 N–H and O–H groups in total. The molecule has 0 saturated carbocycles. The van der Waals surface area contributed by atoms with Crippen molar-refractivity contribution in [2.75, 3.05) is 7.11 Å². The van der Waals surface area contributed by atoms with Gasteiger partial charge in [0, 0.05) is 41.7 Å². The van der Waals surface area contributed by atoms with E-state index in [1.807, 2.05) is 6.07 Å². The molecule has 1 aromatic heterocycles. The first kappa shape index (κ1) is 34.3. The van der Waals surface area contributed by atoms with Crippen molar-refractivity contribution < 1.29 is 43.2 Å². The van der Waals surface area contributed by atoms with Gasteiger partial charge in [-0.15, -0.1) is 0 Å². The number of nitro groups is 1. The van der Waals surface area contributed by atoms with Crippen LogP contribution in [0.2, 0.25) is 0 Å². The fourth-order valence-electron chi connectivity index (χ4n) is 5.19. The van der Waals surface area contributed by atoms with E-state index < -0.39 is 40.7 Å². The summed E-state index contributed by atoms with van der Waals surface area (Å²) in [4.78, 5) is 64.2. The molecule has 0 aliphatic carbocycles. The van der Waals surface area contributed by atoms with Crippen molar-refractivity contribution in [3.05, 3.63) is 114 Å². The SMILES string of the molecule is COC(=O)C1=C(C)NC(C)=C(C(=O)OC(C)[N+](=COc2ccc(-c3cc(C#N)c(=O)[nH]c3C)cc2)C(=O)O)C1c1cccc([N+](=O)[O-])c1.